The summed E-state index contributed by atoms with van der Waals surface area (Å²) in [5, 5.41) is 3.18. The van der Waals surface area contributed by atoms with Gasteiger partial charge in [-0.1, -0.05) is 36.4 Å². The quantitative estimate of drug-likeness (QED) is 0.756. The Labute approximate surface area is 193 Å². The number of hydrogen-bond acceptors (Lipinski definition) is 3. The van der Waals surface area contributed by atoms with Gasteiger partial charge >= 0.3 is 6.03 Å². The van der Waals surface area contributed by atoms with Gasteiger partial charge in [-0.15, -0.1) is 0 Å². The number of nitrogens with one attached hydrogen (secondary N) is 1. The van der Waals surface area contributed by atoms with Crippen molar-refractivity contribution in [2.24, 2.45) is 0 Å². The molecule has 3 atom stereocenters. The van der Waals surface area contributed by atoms with E-state index in [0.717, 1.165) is 55.5 Å². The number of ether oxygens (including phenoxy) is 1. The molecular weight excluding hydrogens is 421 g/mol. The second kappa shape index (κ2) is 9.51. The highest BCUT2D eigenvalue weighted by Crippen LogP contribution is 2.28. The molecule has 2 aromatic rings. The van der Waals surface area contributed by atoms with Gasteiger partial charge < -0.3 is 19.9 Å². The molecule has 0 bridgehead atoms. The lowest BCUT2D eigenvalue weighted by Gasteiger charge is -2.38. The maximum Gasteiger partial charge on any atom is 0.320 e. The zero-order chi connectivity index (χ0) is 22.8. The van der Waals surface area contributed by atoms with Crippen molar-refractivity contribution in [2.45, 2.75) is 50.3 Å². The van der Waals surface area contributed by atoms with Crippen molar-refractivity contribution in [3.05, 3.63) is 59.9 Å². The number of hydrogen-bond donors (Lipinski definition) is 1. The highest BCUT2D eigenvalue weighted by molar-refractivity contribution is 5.82. The minimum absolute atomic E-state index is 0.0569. The van der Waals surface area contributed by atoms with Gasteiger partial charge in [-0.25, -0.2) is 9.18 Å². The summed E-state index contributed by atoms with van der Waals surface area (Å²) in [6.45, 7) is 2.84. The van der Waals surface area contributed by atoms with Gasteiger partial charge in [0.15, 0.2) is 0 Å². The third-order valence-electron chi connectivity index (χ3n) is 7.00. The number of carbonyl (C=O) groups is 2. The predicted molar refractivity (Wildman–Crippen MR) is 123 cm³/mol. The first-order valence-electron chi connectivity index (χ1n) is 11.9. The largest absolute Gasteiger partial charge is 0.368 e. The fourth-order valence-corrected chi connectivity index (χ4v) is 5.05. The predicted octanol–water partition coefficient (Wildman–Crippen LogP) is 3.60. The molecule has 3 aliphatic heterocycles. The first-order chi connectivity index (χ1) is 16.1. The lowest BCUT2D eigenvalue weighted by Crippen LogP contribution is -2.55. The van der Waals surface area contributed by atoms with Gasteiger partial charge in [0.05, 0.1) is 12.1 Å². The molecule has 1 N–H and O–H groups in total. The van der Waals surface area contributed by atoms with E-state index in [9.17, 15) is 14.0 Å². The number of urea groups is 1. The summed E-state index contributed by atoms with van der Waals surface area (Å²) in [6, 6.07) is 14.4. The van der Waals surface area contributed by atoms with E-state index in [1.54, 1.807) is 6.07 Å². The summed E-state index contributed by atoms with van der Waals surface area (Å²) < 4.78 is 19.3. The Bertz CT molecular complexity index is 1020. The molecule has 6 nitrogen and oxygen atoms in total. The highest BCUT2D eigenvalue weighted by atomic mass is 19.1. The molecule has 3 amide bonds. The van der Waals surface area contributed by atoms with Gasteiger partial charge in [-0.3, -0.25) is 4.79 Å². The first kappa shape index (κ1) is 21.9. The van der Waals surface area contributed by atoms with Crippen LogP contribution in [0.2, 0.25) is 0 Å². The molecule has 0 saturated carbocycles. The van der Waals surface area contributed by atoms with E-state index < -0.39 is 0 Å². The van der Waals surface area contributed by atoms with Crippen molar-refractivity contribution in [3.63, 3.8) is 0 Å². The number of nitrogens with zero attached hydrogens (tertiary/aromatic N) is 2. The number of amides is 3. The monoisotopic (exact) mass is 451 g/mol. The lowest BCUT2D eigenvalue weighted by molar-refractivity contribution is -0.130. The van der Waals surface area contributed by atoms with E-state index in [0.29, 0.717) is 19.6 Å². The van der Waals surface area contributed by atoms with Crippen LogP contribution in [0.1, 0.15) is 31.2 Å². The Morgan fingerprint density at radius 3 is 2.48 bits per heavy atom. The van der Waals surface area contributed by atoms with E-state index in [1.165, 1.54) is 12.1 Å². The van der Waals surface area contributed by atoms with Crippen molar-refractivity contribution < 1.29 is 18.7 Å². The second-order valence-electron chi connectivity index (χ2n) is 9.20. The molecule has 3 saturated heterocycles. The summed E-state index contributed by atoms with van der Waals surface area (Å²) in [5.74, 6) is -0.341. The summed E-state index contributed by atoms with van der Waals surface area (Å²) in [5.41, 5.74) is 2.81. The molecule has 1 unspecified atom stereocenters. The molecule has 7 heteroatoms. The normalized spacial score (nSPS) is 24.6. The molecule has 0 aliphatic carbocycles. The average Bonchev–Trinajstić information content (AvgIpc) is 3.44. The van der Waals surface area contributed by atoms with Gasteiger partial charge in [0.1, 0.15) is 11.9 Å². The Balaban J connectivity index is 1.36. The molecule has 174 valence electrons. The van der Waals surface area contributed by atoms with E-state index in [4.69, 9.17) is 4.74 Å². The number of likely N-dealkylation sites (tertiary alicyclic amines) is 2. The first-order valence-corrected chi connectivity index (χ1v) is 11.9. The average molecular weight is 452 g/mol. The molecule has 0 spiro atoms. The molecule has 3 aliphatic rings. The Hall–Kier alpha value is -2.93. The van der Waals surface area contributed by atoms with Crippen LogP contribution in [-0.4, -0.2) is 66.2 Å². The van der Waals surface area contributed by atoms with Crippen molar-refractivity contribution in [1.29, 1.82) is 0 Å². The van der Waals surface area contributed by atoms with Crippen molar-refractivity contribution in [2.75, 3.05) is 26.2 Å². The van der Waals surface area contributed by atoms with Crippen molar-refractivity contribution in [3.8, 4) is 11.1 Å². The van der Waals surface area contributed by atoms with Crippen molar-refractivity contribution in [1.82, 2.24) is 15.1 Å². The Kier molecular flexibility index (Phi) is 6.31. The molecule has 0 aromatic heterocycles. The van der Waals surface area contributed by atoms with Crippen LogP contribution >= 0.6 is 0 Å². The third-order valence-corrected chi connectivity index (χ3v) is 7.00. The van der Waals surface area contributed by atoms with Crippen LogP contribution in [0.4, 0.5) is 9.18 Å². The summed E-state index contributed by atoms with van der Waals surface area (Å²) in [7, 11) is 0. The molecule has 0 radical (unpaired) electrons. The van der Waals surface area contributed by atoms with E-state index >= 15 is 0 Å². The van der Waals surface area contributed by atoms with Crippen LogP contribution in [0.15, 0.2) is 48.5 Å². The van der Waals surface area contributed by atoms with Gasteiger partial charge in [0.25, 0.3) is 0 Å². The number of halogens is 1. The summed E-state index contributed by atoms with van der Waals surface area (Å²) in [6.07, 6.45) is 3.65. The second-order valence-corrected chi connectivity index (χ2v) is 9.20. The molecule has 3 heterocycles. The van der Waals surface area contributed by atoms with E-state index in [-0.39, 0.29) is 35.9 Å². The molecular formula is C26H30FN3O3. The summed E-state index contributed by atoms with van der Waals surface area (Å²) in [4.78, 5) is 29.7. The lowest BCUT2D eigenvalue weighted by atomic mass is 9.96. The topological polar surface area (TPSA) is 61.9 Å². The standard InChI is InChI=1S/C26H30FN3O3/c27-21-8-2-7-20(17-21)19-6-1-5-18(15-19)16-23-22(28-25(31)24-9-3-14-33-24)10-13-30(23)26(32)29-11-4-12-29/h1-2,5-8,15,17,22-24H,3-4,9-14,16H2,(H,28,31)/t22-,23-,24?/m0/s1. The zero-order valence-electron chi connectivity index (χ0n) is 18.7. The van der Waals surface area contributed by atoms with Crippen LogP contribution in [0, 0.1) is 5.82 Å². The van der Waals surface area contributed by atoms with E-state index in [1.807, 2.05) is 34.1 Å². The zero-order valence-corrected chi connectivity index (χ0v) is 18.7. The van der Waals surface area contributed by atoms with E-state index in [2.05, 4.69) is 11.4 Å². The van der Waals surface area contributed by atoms with Crippen LogP contribution < -0.4 is 5.32 Å². The maximum absolute atomic E-state index is 13.7. The van der Waals surface area contributed by atoms with Gasteiger partial charge in [-0.2, -0.15) is 0 Å². The molecule has 5 rings (SSSR count). The Morgan fingerprint density at radius 2 is 1.79 bits per heavy atom. The van der Waals surface area contributed by atoms with Gasteiger partial charge in [0.2, 0.25) is 5.91 Å². The number of benzene rings is 2. The van der Waals surface area contributed by atoms with Crippen LogP contribution in [0.3, 0.4) is 0 Å². The van der Waals surface area contributed by atoms with Crippen LogP contribution in [0.5, 0.6) is 0 Å². The van der Waals surface area contributed by atoms with Gasteiger partial charge in [-0.05, 0) is 60.9 Å². The fraction of sp³-hybridized carbons (Fsp3) is 0.462. The smallest absolute Gasteiger partial charge is 0.320 e. The molecule has 33 heavy (non-hydrogen) atoms. The van der Waals surface area contributed by atoms with Crippen LogP contribution in [0.25, 0.3) is 11.1 Å². The fourth-order valence-electron chi connectivity index (χ4n) is 5.05. The third kappa shape index (κ3) is 4.74. The minimum Gasteiger partial charge on any atom is -0.368 e. The van der Waals surface area contributed by atoms with Crippen molar-refractivity contribution >= 4 is 11.9 Å². The number of carbonyl (C=O) groups excluding carboxylic acids is 2. The van der Waals surface area contributed by atoms with Gasteiger partial charge in [0, 0.05) is 26.2 Å². The molecule has 3 fully saturated rings. The van der Waals surface area contributed by atoms with Crippen LogP contribution in [-0.2, 0) is 16.0 Å². The Morgan fingerprint density at radius 1 is 1.00 bits per heavy atom. The summed E-state index contributed by atoms with van der Waals surface area (Å²) >= 11 is 0. The number of rotatable bonds is 5. The molecule has 2 aromatic carbocycles. The SMILES string of the molecule is O=C(N[C@H]1CCN(C(=O)N2CCC2)[C@H]1Cc1cccc(-c2cccc(F)c2)c1)C1CCCO1. The maximum atomic E-state index is 13.7. The minimum atomic E-state index is -0.387. The highest BCUT2D eigenvalue weighted by Gasteiger charge is 2.41.